The van der Waals surface area contributed by atoms with Crippen LogP contribution in [0.1, 0.15) is 17.5 Å². The number of amides is 1. The lowest BCUT2D eigenvalue weighted by Crippen LogP contribution is -2.31. The lowest BCUT2D eigenvalue weighted by atomic mass is 9.99. The minimum atomic E-state index is -0.364. The molecule has 5 heteroatoms. The van der Waals surface area contributed by atoms with Crippen LogP contribution in [0.5, 0.6) is 0 Å². The first-order valence-corrected chi connectivity index (χ1v) is 8.15. The Balaban J connectivity index is 1.76. The average molecular weight is 329 g/mol. The summed E-state index contributed by atoms with van der Waals surface area (Å²) in [5.41, 5.74) is 13.9. The second-order valence-electron chi connectivity index (χ2n) is 5.90. The Morgan fingerprint density at radius 3 is 2.50 bits per heavy atom. The molecule has 0 aliphatic carbocycles. The number of rotatable bonds is 9. The van der Waals surface area contributed by atoms with Gasteiger partial charge in [0.05, 0.1) is 5.92 Å². The largest absolute Gasteiger partial charge is 0.385 e. The summed E-state index contributed by atoms with van der Waals surface area (Å²) >= 11 is 0. The molecule has 0 heterocycles. The highest BCUT2D eigenvalue weighted by atomic mass is 19.1. The van der Waals surface area contributed by atoms with Gasteiger partial charge in [-0.1, -0.05) is 24.3 Å². The molecule has 4 nitrogen and oxygen atoms in total. The topological polar surface area (TPSA) is 81.1 Å². The van der Waals surface area contributed by atoms with E-state index in [0.717, 1.165) is 36.2 Å². The van der Waals surface area contributed by atoms with Crippen molar-refractivity contribution in [3.05, 3.63) is 65.5 Å². The van der Waals surface area contributed by atoms with Gasteiger partial charge in [0, 0.05) is 18.8 Å². The molecule has 2 aromatic rings. The van der Waals surface area contributed by atoms with E-state index in [2.05, 4.69) is 5.32 Å². The van der Waals surface area contributed by atoms with Crippen LogP contribution in [0, 0.1) is 11.7 Å². The summed E-state index contributed by atoms with van der Waals surface area (Å²) in [6, 6.07) is 14.6. The zero-order valence-corrected chi connectivity index (χ0v) is 13.7. The van der Waals surface area contributed by atoms with E-state index in [1.165, 1.54) is 6.07 Å². The van der Waals surface area contributed by atoms with Gasteiger partial charge in [0.15, 0.2) is 0 Å². The zero-order valence-electron chi connectivity index (χ0n) is 13.7. The summed E-state index contributed by atoms with van der Waals surface area (Å²) in [5.74, 6) is -0.880. The van der Waals surface area contributed by atoms with Gasteiger partial charge in [-0.3, -0.25) is 4.79 Å². The molecular formula is C19H24FN3O. The smallest absolute Gasteiger partial charge is 0.222 e. The number of nitrogens with one attached hydrogen (secondary N) is 1. The number of hydrogen-bond acceptors (Lipinski definition) is 3. The predicted octanol–water partition coefficient (Wildman–Crippen LogP) is 2.47. The van der Waals surface area contributed by atoms with Crippen LogP contribution >= 0.6 is 0 Å². The Bertz CT molecular complexity index is 658. The number of aryl methyl sites for hydroxylation is 1. The van der Waals surface area contributed by atoms with Crippen molar-refractivity contribution >= 4 is 11.6 Å². The van der Waals surface area contributed by atoms with Crippen LogP contribution in [-0.2, 0) is 17.6 Å². The van der Waals surface area contributed by atoms with Crippen molar-refractivity contribution < 1.29 is 9.18 Å². The van der Waals surface area contributed by atoms with Gasteiger partial charge >= 0.3 is 0 Å². The molecule has 0 radical (unpaired) electrons. The van der Waals surface area contributed by atoms with Gasteiger partial charge in [0.25, 0.3) is 0 Å². The highest BCUT2D eigenvalue weighted by Crippen LogP contribution is 2.13. The average Bonchev–Trinajstić information content (AvgIpc) is 2.57. The molecule has 128 valence electrons. The normalized spacial score (nSPS) is 11.9. The van der Waals surface area contributed by atoms with Crippen molar-refractivity contribution in [2.75, 3.05) is 18.4 Å². The van der Waals surface area contributed by atoms with Crippen molar-refractivity contribution in [2.24, 2.45) is 17.4 Å². The maximum absolute atomic E-state index is 13.1. The second-order valence-corrected chi connectivity index (χ2v) is 5.90. The Morgan fingerprint density at radius 1 is 1.12 bits per heavy atom. The maximum Gasteiger partial charge on any atom is 0.222 e. The van der Waals surface area contributed by atoms with E-state index in [0.29, 0.717) is 6.42 Å². The van der Waals surface area contributed by atoms with E-state index in [4.69, 9.17) is 11.5 Å². The van der Waals surface area contributed by atoms with Crippen LogP contribution in [0.4, 0.5) is 10.1 Å². The summed E-state index contributed by atoms with van der Waals surface area (Å²) < 4.78 is 13.1. The van der Waals surface area contributed by atoms with Gasteiger partial charge < -0.3 is 16.8 Å². The highest BCUT2D eigenvalue weighted by Gasteiger charge is 2.13. The molecule has 2 aromatic carbocycles. The number of carbonyl (C=O) groups excluding carboxylic acids is 1. The van der Waals surface area contributed by atoms with Crippen LogP contribution in [0.25, 0.3) is 0 Å². The Morgan fingerprint density at radius 2 is 1.88 bits per heavy atom. The molecule has 1 atom stereocenters. The van der Waals surface area contributed by atoms with Crippen molar-refractivity contribution in [3.63, 3.8) is 0 Å². The van der Waals surface area contributed by atoms with Crippen LogP contribution in [0.15, 0.2) is 48.5 Å². The van der Waals surface area contributed by atoms with Crippen molar-refractivity contribution in [1.82, 2.24) is 0 Å². The van der Waals surface area contributed by atoms with Gasteiger partial charge in [-0.15, -0.1) is 0 Å². The van der Waals surface area contributed by atoms with Crippen molar-refractivity contribution in [1.29, 1.82) is 0 Å². The minimum absolute atomic E-state index is 0.192. The van der Waals surface area contributed by atoms with Gasteiger partial charge in [-0.05, 0) is 54.7 Å². The Hall–Kier alpha value is -2.40. The summed E-state index contributed by atoms with van der Waals surface area (Å²) in [6.07, 6.45) is 2.31. The number of hydrogen-bond donors (Lipinski definition) is 3. The fraction of sp³-hybridized carbons (Fsp3) is 0.316. The molecule has 2 rings (SSSR count). The van der Waals surface area contributed by atoms with E-state index < -0.39 is 0 Å². The molecular weight excluding hydrogens is 305 g/mol. The first-order valence-electron chi connectivity index (χ1n) is 8.15. The van der Waals surface area contributed by atoms with Crippen LogP contribution in [-0.4, -0.2) is 19.0 Å². The fourth-order valence-electron chi connectivity index (χ4n) is 2.56. The number of primary amides is 1. The van der Waals surface area contributed by atoms with E-state index in [1.807, 2.05) is 30.3 Å². The molecule has 5 N–H and O–H groups in total. The van der Waals surface area contributed by atoms with Gasteiger partial charge in [-0.2, -0.15) is 0 Å². The molecule has 1 amide bonds. The zero-order chi connectivity index (χ0) is 17.4. The molecule has 0 bridgehead atoms. The molecule has 0 saturated heterocycles. The lowest BCUT2D eigenvalue weighted by molar-refractivity contribution is -0.121. The van der Waals surface area contributed by atoms with Crippen LogP contribution in [0.3, 0.4) is 0 Å². The summed E-state index contributed by atoms with van der Waals surface area (Å²) in [4.78, 5) is 11.2. The third-order valence-electron chi connectivity index (χ3n) is 3.98. The quantitative estimate of drug-likeness (QED) is 0.618. The Kier molecular flexibility index (Phi) is 6.75. The SMILES string of the molecule is NCC(Cc1ccc(NCCCc2cccc(F)c2)cc1)C(N)=O. The molecule has 0 fully saturated rings. The molecule has 24 heavy (non-hydrogen) atoms. The first-order chi connectivity index (χ1) is 11.6. The fourth-order valence-corrected chi connectivity index (χ4v) is 2.56. The second kappa shape index (κ2) is 9.03. The van der Waals surface area contributed by atoms with E-state index in [9.17, 15) is 9.18 Å². The third kappa shape index (κ3) is 5.66. The van der Waals surface area contributed by atoms with Crippen LogP contribution < -0.4 is 16.8 Å². The van der Waals surface area contributed by atoms with E-state index in [1.54, 1.807) is 12.1 Å². The monoisotopic (exact) mass is 329 g/mol. The number of halogens is 1. The number of carbonyl (C=O) groups is 1. The van der Waals surface area contributed by atoms with E-state index >= 15 is 0 Å². The lowest BCUT2D eigenvalue weighted by Gasteiger charge is -2.12. The van der Waals surface area contributed by atoms with Crippen LogP contribution in [0.2, 0.25) is 0 Å². The maximum atomic E-state index is 13.1. The Labute approximate surface area is 142 Å². The van der Waals surface area contributed by atoms with Gasteiger partial charge in [0.1, 0.15) is 5.82 Å². The summed E-state index contributed by atoms with van der Waals surface area (Å²) in [7, 11) is 0. The van der Waals surface area contributed by atoms with Gasteiger partial charge in [0.2, 0.25) is 5.91 Å². The predicted molar refractivity (Wildman–Crippen MR) is 95.1 cm³/mol. The summed E-state index contributed by atoms with van der Waals surface area (Å²) in [5, 5.41) is 3.34. The third-order valence-corrected chi connectivity index (χ3v) is 3.98. The molecule has 0 aliphatic rings. The molecule has 0 saturated carbocycles. The minimum Gasteiger partial charge on any atom is -0.385 e. The standard InChI is InChI=1S/C19H24FN3O/c20-17-5-1-3-14(12-17)4-2-10-23-18-8-6-15(7-9-18)11-16(13-21)19(22)24/h1,3,5-9,12,16,23H,2,4,10-11,13,21H2,(H2,22,24). The molecule has 1 unspecified atom stereocenters. The van der Waals surface area contributed by atoms with E-state index in [-0.39, 0.29) is 24.2 Å². The molecule has 0 spiro atoms. The van der Waals surface area contributed by atoms with Crippen molar-refractivity contribution in [2.45, 2.75) is 19.3 Å². The molecule has 0 aliphatic heterocycles. The van der Waals surface area contributed by atoms with Crippen molar-refractivity contribution in [3.8, 4) is 0 Å². The molecule has 0 aromatic heterocycles. The van der Waals surface area contributed by atoms with Gasteiger partial charge in [-0.25, -0.2) is 4.39 Å². The number of benzene rings is 2. The highest BCUT2D eigenvalue weighted by molar-refractivity contribution is 5.77. The number of anilines is 1. The number of nitrogens with two attached hydrogens (primary N) is 2. The first kappa shape index (κ1) is 17.9. The summed E-state index contributed by atoms with van der Waals surface area (Å²) in [6.45, 7) is 1.07.